The normalized spacial score (nSPS) is 14.4. The Kier molecular flexibility index (Phi) is 4.03. The molecular formula is C16H16INO. The molecule has 2 aromatic rings. The molecule has 2 aromatic carbocycles. The Morgan fingerprint density at radius 2 is 1.79 bits per heavy atom. The fourth-order valence-electron chi connectivity index (χ4n) is 1.88. The number of hydrogen-bond acceptors (Lipinski definition) is 2. The van der Waals surface area contributed by atoms with Crippen LogP contribution in [0.5, 0.6) is 11.5 Å². The van der Waals surface area contributed by atoms with Crippen molar-refractivity contribution in [3.8, 4) is 11.5 Å². The lowest BCUT2D eigenvalue weighted by Gasteiger charge is -2.08. The minimum atomic E-state index is 0.752. The fourth-order valence-corrected chi connectivity index (χ4v) is 2.38. The van der Waals surface area contributed by atoms with Crippen molar-refractivity contribution in [1.82, 2.24) is 5.32 Å². The third kappa shape index (κ3) is 3.70. The topological polar surface area (TPSA) is 21.3 Å². The summed E-state index contributed by atoms with van der Waals surface area (Å²) in [5.41, 5.74) is 1.31. The third-order valence-electron chi connectivity index (χ3n) is 3.16. The van der Waals surface area contributed by atoms with Crippen molar-refractivity contribution in [2.45, 2.75) is 25.4 Å². The van der Waals surface area contributed by atoms with Gasteiger partial charge in [-0.1, -0.05) is 24.3 Å². The van der Waals surface area contributed by atoms with Crippen LogP contribution in [0.25, 0.3) is 0 Å². The molecule has 0 heterocycles. The molecule has 0 unspecified atom stereocenters. The second-order valence-electron chi connectivity index (χ2n) is 4.83. The molecular weight excluding hydrogens is 349 g/mol. The Balaban J connectivity index is 1.63. The summed E-state index contributed by atoms with van der Waals surface area (Å²) in [7, 11) is 0. The monoisotopic (exact) mass is 365 g/mol. The number of hydrogen-bond donors (Lipinski definition) is 1. The maximum atomic E-state index is 5.87. The summed E-state index contributed by atoms with van der Waals surface area (Å²) in [6.07, 6.45) is 2.65. The predicted molar refractivity (Wildman–Crippen MR) is 85.5 cm³/mol. The average molecular weight is 365 g/mol. The number of ether oxygens (including phenoxy) is 1. The second-order valence-corrected chi connectivity index (χ2v) is 5.99. The summed E-state index contributed by atoms with van der Waals surface area (Å²) in [5, 5.41) is 3.51. The van der Waals surface area contributed by atoms with E-state index < -0.39 is 0 Å². The zero-order valence-electron chi connectivity index (χ0n) is 10.6. The van der Waals surface area contributed by atoms with E-state index in [-0.39, 0.29) is 0 Å². The Morgan fingerprint density at radius 3 is 2.47 bits per heavy atom. The zero-order chi connectivity index (χ0) is 13.1. The Morgan fingerprint density at radius 1 is 1.05 bits per heavy atom. The molecule has 1 fully saturated rings. The molecule has 0 aliphatic heterocycles. The molecule has 0 bridgehead atoms. The van der Waals surface area contributed by atoms with Gasteiger partial charge in [0.05, 0.1) is 3.57 Å². The lowest BCUT2D eigenvalue weighted by Crippen LogP contribution is -2.14. The van der Waals surface area contributed by atoms with E-state index in [2.05, 4.69) is 40.0 Å². The zero-order valence-corrected chi connectivity index (χ0v) is 12.8. The van der Waals surface area contributed by atoms with Gasteiger partial charge < -0.3 is 10.1 Å². The van der Waals surface area contributed by atoms with E-state index in [0.717, 1.165) is 27.7 Å². The molecule has 0 radical (unpaired) electrons. The van der Waals surface area contributed by atoms with Crippen molar-refractivity contribution < 1.29 is 4.74 Å². The van der Waals surface area contributed by atoms with Crippen LogP contribution in [0.15, 0.2) is 48.5 Å². The number of para-hydroxylation sites is 1. The van der Waals surface area contributed by atoms with Crippen LogP contribution in [0.1, 0.15) is 18.4 Å². The van der Waals surface area contributed by atoms with Crippen molar-refractivity contribution in [2.75, 3.05) is 0 Å². The van der Waals surface area contributed by atoms with Crippen molar-refractivity contribution in [1.29, 1.82) is 0 Å². The van der Waals surface area contributed by atoms with E-state index in [4.69, 9.17) is 4.74 Å². The highest BCUT2D eigenvalue weighted by Gasteiger charge is 2.19. The Hall–Kier alpha value is -1.07. The molecule has 19 heavy (non-hydrogen) atoms. The molecule has 3 heteroatoms. The van der Waals surface area contributed by atoms with E-state index in [1.807, 2.05) is 36.4 Å². The summed E-state index contributed by atoms with van der Waals surface area (Å²) >= 11 is 2.29. The van der Waals surface area contributed by atoms with E-state index >= 15 is 0 Å². The highest BCUT2D eigenvalue weighted by molar-refractivity contribution is 14.1. The molecule has 0 atom stereocenters. The van der Waals surface area contributed by atoms with Gasteiger partial charge in [0.25, 0.3) is 0 Å². The molecule has 0 aromatic heterocycles. The molecule has 1 saturated carbocycles. The molecule has 98 valence electrons. The SMILES string of the molecule is Ic1ccccc1Oc1ccc(CNC2CC2)cc1. The minimum Gasteiger partial charge on any atom is -0.456 e. The lowest BCUT2D eigenvalue weighted by atomic mass is 10.2. The van der Waals surface area contributed by atoms with Gasteiger partial charge in [-0.2, -0.15) is 0 Å². The van der Waals surface area contributed by atoms with Crippen LogP contribution in [0.4, 0.5) is 0 Å². The van der Waals surface area contributed by atoms with Gasteiger partial charge in [0.1, 0.15) is 11.5 Å². The van der Waals surface area contributed by atoms with Gasteiger partial charge in [0, 0.05) is 12.6 Å². The molecule has 0 amide bonds. The van der Waals surface area contributed by atoms with Crippen LogP contribution in [0.3, 0.4) is 0 Å². The summed E-state index contributed by atoms with van der Waals surface area (Å²) in [6, 6.07) is 17.1. The molecule has 1 aliphatic carbocycles. The summed E-state index contributed by atoms with van der Waals surface area (Å²) in [6.45, 7) is 0.952. The van der Waals surface area contributed by atoms with Crippen molar-refractivity contribution in [2.24, 2.45) is 0 Å². The van der Waals surface area contributed by atoms with Gasteiger partial charge in [-0.3, -0.25) is 0 Å². The van der Waals surface area contributed by atoms with Gasteiger partial charge in [0.15, 0.2) is 0 Å². The highest BCUT2D eigenvalue weighted by atomic mass is 127. The lowest BCUT2D eigenvalue weighted by molar-refractivity contribution is 0.479. The molecule has 0 saturated heterocycles. The molecule has 3 rings (SSSR count). The number of halogens is 1. The van der Waals surface area contributed by atoms with E-state index in [1.165, 1.54) is 18.4 Å². The Labute approximate surface area is 127 Å². The maximum Gasteiger partial charge on any atom is 0.140 e. The Bertz CT molecular complexity index is 549. The van der Waals surface area contributed by atoms with Crippen LogP contribution in [0, 0.1) is 3.57 Å². The van der Waals surface area contributed by atoms with Crippen LogP contribution in [0.2, 0.25) is 0 Å². The molecule has 0 spiro atoms. The fraction of sp³-hybridized carbons (Fsp3) is 0.250. The number of benzene rings is 2. The summed E-state index contributed by atoms with van der Waals surface area (Å²) in [4.78, 5) is 0. The van der Waals surface area contributed by atoms with Gasteiger partial charge in [-0.05, 0) is 65.3 Å². The van der Waals surface area contributed by atoms with Gasteiger partial charge >= 0.3 is 0 Å². The molecule has 1 N–H and O–H groups in total. The standard InChI is InChI=1S/C16H16INO/c17-15-3-1-2-4-16(15)19-14-9-5-12(6-10-14)11-18-13-7-8-13/h1-6,9-10,13,18H,7-8,11H2. The number of rotatable bonds is 5. The van der Waals surface area contributed by atoms with E-state index in [1.54, 1.807) is 0 Å². The quantitative estimate of drug-likeness (QED) is 0.797. The summed E-state index contributed by atoms with van der Waals surface area (Å²) in [5.74, 6) is 1.80. The minimum absolute atomic E-state index is 0.752. The van der Waals surface area contributed by atoms with Crippen LogP contribution < -0.4 is 10.1 Å². The maximum absolute atomic E-state index is 5.87. The molecule has 1 aliphatic rings. The second kappa shape index (κ2) is 5.92. The first-order valence-corrected chi connectivity index (χ1v) is 7.64. The van der Waals surface area contributed by atoms with Crippen LogP contribution >= 0.6 is 22.6 Å². The van der Waals surface area contributed by atoms with E-state index in [0.29, 0.717) is 0 Å². The van der Waals surface area contributed by atoms with Crippen LogP contribution in [-0.2, 0) is 6.54 Å². The van der Waals surface area contributed by atoms with Crippen molar-refractivity contribution >= 4 is 22.6 Å². The predicted octanol–water partition coefficient (Wildman–Crippen LogP) is 4.34. The van der Waals surface area contributed by atoms with Gasteiger partial charge in [0.2, 0.25) is 0 Å². The van der Waals surface area contributed by atoms with Crippen molar-refractivity contribution in [3.63, 3.8) is 0 Å². The van der Waals surface area contributed by atoms with Gasteiger partial charge in [-0.25, -0.2) is 0 Å². The molecule has 2 nitrogen and oxygen atoms in total. The van der Waals surface area contributed by atoms with E-state index in [9.17, 15) is 0 Å². The first-order valence-electron chi connectivity index (χ1n) is 6.56. The number of nitrogens with one attached hydrogen (secondary N) is 1. The largest absolute Gasteiger partial charge is 0.456 e. The average Bonchev–Trinajstić information content (AvgIpc) is 3.25. The summed E-state index contributed by atoms with van der Waals surface area (Å²) < 4.78 is 7.00. The highest BCUT2D eigenvalue weighted by Crippen LogP contribution is 2.26. The first kappa shape index (κ1) is 12.9. The first-order chi connectivity index (χ1) is 9.31. The smallest absolute Gasteiger partial charge is 0.140 e. The van der Waals surface area contributed by atoms with Gasteiger partial charge in [-0.15, -0.1) is 0 Å². The van der Waals surface area contributed by atoms with Crippen LogP contribution in [-0.4, -0.2) is 6.04 Å². The van der Waals surface area contributed by atoms with Crippen molar-refractivity contribution in [3.05, 3.63) is 57.7 Å². The third-order valence-corrected chi connectivity index (χ3v) is 4.05.